The molecule has 0 atom stereocenters. The first-order valence-electron chi connectivity index (χ1n) is 6.90. The summed E-state index contributed by atoms with van der Waals surface area (Å²) in [4.78, 5) is 22.3. The van der Waals surface area contributed by atoms with Crippen molar-refractivity contribution < 1.29 is 14.3 Å². The lowest BCUT2D eigenvalue weighted by molar-refractivity contribution is -0.151. The molecule has 1 N–H and O–H groups in total. The zero-order valence-corrected chi connectivity index (χ0v) is 14.1. The van der Waals surface area contributed by atoms with Gasteiger partial charge in [0.25, 0.3) is 0 Å². The smallest absolute Gasteiger partial charge is 0.331 e. The molecule has 0 aliphatic carbocycles. The molecular formula is C16H24ClNO3. The van der Waals surface area contributed by atoms with Crippen LogP contribution in [-0.4, -0.2) is 24.5 Å². The third-order valence-electron chi connectivity index (χ3n) is 3.18. The molecule has 1 rings (SSSR count). The van der Waals surface area contributed by atoms with Crippen LogP contribution in [0.15, 0.2) is 24.3 Å². The highest BCUT2D eigenvalue weighted by molar-refractivity contribution is 6.30. The van der Waals surface area contributed by atoms with Crippen LogP contribution in [0, 0.1) is 6.92 Å². The molecule has 0 saturated carbocycles. The number of amides is 1. The lowest BCUT2D eigenvalue weighted by Gasteiger charge is -2.28. The predicted molar refractivity (Wildman–Crippen MR) is 85.3 cm³/mol. The number of hydrogen-bond acceptors (Lipinski definition) is 3. The summed E-state index contributed by atoms with van der Waals surface area (Å²) in [5.74, 6) is -0.596. The first-order valence-corrected chi connectivity index (χ1v) is 7.28. The first kappa shape index (κ1) is 19.4. The quantitative estimate of drug-likeness (QED) is 0.866. The van der Waals surface area contributed by atoms with Gasteiger partial charge in [0.05, 0.1) is 7.11 Å². The number of nitrogens with one attached hydrogen (secondary N) is 1. The molecule has 0 spiro atoms. The van der Waals surface area contributed by atoms with Gasteiger partial charge in [-0.25, -0.2) is 4.79 Å². The van der Waals surface area contributed by atoms with E-state index >= 15 is 0 Å². The van der Waals surface area contributed by atoms with Gasteiger partial charge < -0.3 is 10.1 Å². The first-order chi connectivity index (χ1) is 9.81. The summed E-state index contributed by atoms with van der Waals surface area (Å²) < 4.78 is 4.64. The highest BCUT2D eigenvalue weighted by atomic mass is 35.5. The number of esters is 1. The Morgan fingerprint density at radius 3 is 2.14 bits per heavy atom. The van der Waals surface area contributed by atoms with E-state index in [1.54, 1.807) is 0 Å². The van der Waals surface area contributed by atoms with Crippen LogP contribution in [0.5, 0.6) is 0 Å². The second kappa shape index (κ2) is 9.40. The zero-order valence-electron chi connectivity index (χ0n) is 13.3. The number of carbonyl (C=O) groups excluding carboxylic acids is 2. The van der Waals surface area contributed by atoms with Gasteiger partial charge in [0.2, 0.25) is 5.91 Å². The van der Waals surface area contributed by atoms with Gasteiger partial charge in [0.1, 0.15) is 5.54 Å². The summed E-state index contributed by atoms with van der Waals surface area (Å²) >= 11 is 5.64. The van der Waals surface area contributed by atoms with E-state index < -0.39 is 5.54 Å². The van der Waals surface area contributed by atoms with Crippen LogP contribution in [-0.2, 0) is 14.3 Å². The standard InChI is InChI=1S/C9H17NO3.C7H7Cl/c1-5-9(6-2,8(12)13-4)10-7(3)11;1-6-3-2-4-7(8)5-6/h5-6H2,1-4H3,(H,10,11);2-5H,1H3. The summed E-state index contributed by atoms with van der Waals surface area (Å²) in [7, 11) is 1.32. The number of halogens is 1. The summed E-state index contributed by atoms with van der Waals surface area (Å²) in [6.07, 6.45) is 1.07. The summed E-state index contributed by atoms with van der Waals surface area (Å²) in [6.45, 7) is 7.10. The van der Waals surface area contributed by atoms with Crippen molar-refractivity contribution in [2.24, 2.45) is 0 Å². The molecule has 0 aliphatic rings. The Hall–Kier alpha value is -1.55. The van der Waals surface area contributed by atoms with Crippen LogP contribution >= 0.6 is 11.6 Å². The molecule has 21 heavy (non-hydrogen) atoms. The molecule has 118 valence electrons. The normalized spacial score (nSPS) is 10.2. The fourth-order valence-electron chi connectivity index (χ4n) is 1.90. The van der Waals surface area contributed by atoms with Gasteiger partial charge in [-0.2, -0.15) is 0 Å². The molecule has 4 nitrogen and oxygen atoms in total. The van der Waals surface area contributed by atoms with E-state index in [4.69, 9.17) is 11.6 Å². The Bertz CT molecular complexity index is 453. The highest BCUT2D eigenvalue weighted by Crippen LogP contribution is 2.16. The van der Waals surface area contributed by atoms with Crippen LogP contribution in [0.3, 0.4) is 0 Å². The number of carbonyl (C=O) groups is 2. The average Bonchev–Trinajstić information content (AvgIpc) is 2.44. The zero-order chi connectivity index (χ0) is 16.5. The number of ether oxygens (including phenoxy) is 1. The predicted octanol–water partition coefficient (Wildman–Crippen LogP) is 3.50. The van der Waals surface area contributed by atoms with Gasteiger partial charge in [0, 0.05) is 11.9 Å². The highest BCUT2D eigenvalue weighted by Gasteiger charge is 2.36. The lowest BCUT2D eigenvalue weighted by atomic mass is 9.93. The maximum absolute atomic E-state index is 11.4. The monoisotopic (exact) mass is 313 g/mol. The molecule has 1 aromatic rings. The number of aryl methyl sites for hydroxylation is 1. The van der Waals surface area contributed by atoms with Crippen molar-refractivity contribution >= 4 is 23.5 Å². The van der Waals surface area contributed by atoms with Crippen molar-refractivity contribution in [1.82, 2.24) is 5.32 Å². The molecule has 0 heterocycles. The van der Waals surface area contributed by atoms with Crippen LogP contribution in [0.1, 0.15) is 39.2 Å². The molecule has 5 heteroatoms. The van der Waals surface area contributed by atoms with Gasteiger partial charge in [-0.3, -0.25) is 4.79 Å². The third kappa shape index (κ3) is 6.63. The van der Waals surface area contributed by atoms with Crippen molar-refractivity contribution in [3.05, 3.63) is 34.9 Å². The van der Waals surface area contributed by atoms with Crippen molar-refractivity contribution in [3.8, 4) is 0 Å². The Kier molecular flexibility index (Phi) is 8.70. The van der Waals surface area contributed by atoms with Gasteiger partial charge in [-0.1, -0.05) is 37.6 Å². The summed E-state index contributed by atoms with van der Waals surface area (Å²) in [6, 6.07) is 7.76. The average molecular weight is 314 g/mol. The molecule has 0 unspecified atom stereocenters. The topological polar surface area (TPSA) is 55.4 Å². The molecule has 0 saturated heterocycles. The minimum atomic E-state index is -0.847. The van der Waals surface area contributed by atoms with E-state index in [0.29, 0.717) is 12.8 Å². The SMILES string of the molecule is CCC(CC)(NC(C)=O)C(=O)OC.Cc1cccc(Cl)c1. The fraction of sp³-hybridized carbons (Fsp3) is 0.500. The molecule has 0 fully saturated rings. The Labute approximate surface area is 131 Å². The van der Waals surface area contributed by atoms with E-state index in [2.05, 4.69) is 10.1 Å². The van der Waals surface area contributed by atoms with E-state index in [1.165, 1.54) is 19.6 Å². The molecule has 1 amide bonds. The second-order valence-electron chi connectivity index (χ2n) is 4.76. The Morgan fingerprint density at radius 2 is 1.86 bits per heavy atom. The van der Waals surface area contributed by atoms with Crippen molar-refractivity contribution in [2.75, 3.05) is 7.11 Å². The van der Waals surface area contributed by atoms with Crippen molar-refractivity contribution in [1.29, 1.82) is 0 Å². The Morgan fingerprint density at radius 1 is 1.29 bits per heavy atom. The number of methoxy groups -OCH3 is 1. The minimum absolute atomic E-state index is 0.214. The van der Waals surface area contributed by atoms with Crippen molar-refractivity contribution in [3.63, 3.8) is 0 Å². The van der Waals surface area contributed by atoms with Crippen LogP contribution < -0.4 is 5.32 Å². The molecular weight excluding hydrogens is 290 g/mol. The van der Waals surface area contributed by atoms with Gasteiger partial charge in [0.15, 0.2) is 0 Å². The van der Waals surface area contributed by atoms with Crippen LogP contribution in [0.4, 0.5) is 0 Å². The van der Waals surface area contributed by atoms with E-state index in [1.807, 2.05) is 45.0 Å². The molecule has 0 bridgehead atoms. The molecule has 0 radical (unpaired) electrons. The van der Waals surface area contributed by atoms with Gasteiger partial charge in [-0.05, 0) is 37.5 Å². The summed E-state index contributed by atoms with van der Waals surface area (Å²) in [5, 5.41) is 3.44. The minimum Gasteiger partial charge on any atom is -0.467 e. The maximum Gasteiger partial charge on any atom is 0.331 e. The van der Waals surface area contributed by atoms with Crippen LogP contribution in [0.25, 0.3) is 0 Å². The summed E-state index contributed by atoms with van der Waals surface area (Å²) in [5.41, 5.74) is 0.359. The maximum atomic E-state index is 11.4. The number of benzene rings is 1. The number of hydrogen-bond donors (Lipinski definition) is 1. The van der Waals surface area contributed by atoms with Crippen LogP contribution in [0.2, 0.25) is 5.02 Å². The Balaban J connectivity index is 0.000000423. The molecule has 1 aromatic carbocycles. The van der Waals surface area contributed by atoms with Gasteiger partial charge in [-0.15, -0.1) is 0 Å². The largest absolute Gasteiger partial charge is 0.467 e. The fourth-order valence-corrected chi connectivity index (χ4v) is 2.15. The van der Waals surface area contributed by atoms with E-state index in [-0.39, 0.29) is 11.9 Å². The van der Waals surface area contributed by atoms with E-state index in [0.717, 1.165) is 5.02 Å². The second-order valence-corrected chi connectivity index (χ2v) is 5.20. The van der Waals surface area contributed by atoms with Gasteiger partial charge >= 0.3 is 5.97 Å². The number of rotatable bonds is 4. The third-order valence-corrected chi connectivity index (χ3v) is 3.41. The van der Waals surface area contributed by atoms with E-state index in [9.17, 15) is 9.59 Å². The molecule has 0 aromatic heterocycles. The molecule has 0 aliphatic heterocycles. The lowest BCUT2D eigenvalue weighted by Crippen LogP contribution is -2.53. The van der Waals surface area contributed by atoms with Crippen molar-refractivity contribution in [2.45, 2.75) is 46.1 Å².